The van der Waals surface area contributed by atoms with Gasteiger partial charge in [-0.05, 0) is 58.1 Å². The average molecular weight is 741 g/mol. The highest BCUT2D eigenvalue weighted by molar-refractivity contribution is 9.10. The number of ether oxygens (including phenoxy) is 3. The molecule has 1 saturated heterocycles. The van der Waals surface area contributed by atoms with Crippen molar-refractivity contribution in [2.24, 2.45) is 0 Å². The quantitative estimate of drug-likeness (QED) is 0.115. The summed E-state index contributed by atoms with van der Waals surface area (Å²) < 4.78 is 44.5. The molecule has 0 unspecified atom stereocenters. The Morgan fingerprint density at radius 2 is 1.81 bits per heavy atom. The van der Waals surface area contributed by atoms with E-state index in [0.29, 0.717) is 35.3 Å². The minimum Gasteiger partial charge on any atom is -0.479 e. The van der Waals surface area contributed by atoms with Gasteiger partial charge in [-0.1, -0.05) is 61.2 Å². The summed E-state index contributed by atoms with van der Waals surface area (Å²) in [6, 6.07) is 20.6. The predicted octanol–water partition coefficient (Wildman–Crippen LogP) is 6.44. The van der Waals surface area contributed by atoms with Crippen molar-refractivity contribution in [2.75, 3.05) is 31.6 Å². The van der Waals surface area contributed by atoms with E-state index in [1.165, 1.54) is 17.4 Å². The van der Waals surface area contributed by atoms with Crippen molar-refractivity contribution in [1.29, 1.82) is 0 Å². The fourth-order valence-electron chi connectivity index (χ4n) is 5.01. The smallest absolute Gasteiger partial charge is 0.352 e. The lowest BCUT2D eigenvalue weighted by Crippen LogP contribution is -2.42. The van der Waals surface area contributed by atoms with E-state index >= 15 is 0 Å². The van der Waals surface area contributed by atoms with Crippen molar-refractivity contribution in [3.8, 4) is 16.2 Å². The molecule has 1 aliphatic rings. The Kier molecular flexibility index (Phi) is 11.8. The summed E-state index contributed by atoms with van der Waals surface area (Å²) in [5.74, 6) is -1.04. The lowest BCUT2D eigenvalue weighted by atomic mass is 10.1. The third-order valence-corrected chi connectivity index (χ3v) is 11.4. The van der Waals surface area contributed by atoms with E-state index in [1.54, 1.807) is 28.8 Å². The lowest BCUT2D eigenvalue weighted by molar-refractivity contribution is -0.144. The second-order valence-electron chi connectivity index (χ2n) is 10.7. The van der Waals surface area contributed by atoms with E-state index in [0.717, 1.165) is 22.4 Å². The number of esters is 2. The molecule has 1 fully saturated rings. The van der Waals surface area contributed by atoms with E-state index in [4.69, 9.17) is 14.2 Å². The number of hydrogen-bond acceptors (Lipinski definition) is 10. The van der Waals surface area contributed by atoms with Gasteiger partial charge in [-0.2, -0.15) is 0 Å². The average Bonchev–Trinajstić information content (AvgIpc) is 3.42. The van der Waals surface area contributed by atoms with Crippen LogP contribution >= 0.6 is 27.3 Å². The van der Waals surface area contributed by atoms with Crippen LogP contribution in [0, 0.1) is 0 Å². The molecule has 13 heteroatoms. The fraction of sp³-hybridized carbons (Fsp3) is 0.265. The van der Waals surface area contributed by atoms with Gasteiger partial charge in [-0.25, -0.2) is 22.3 Å². The van der Waals surface area contributed by atoms with Crippen LogP contribution in [0.3, 0.4) is 0 Å². The number of hydrogen-bond donors (Lipinski definition) is 1. The Morgan fingerprint density at radius 3 is 2.53 bits per heavy atom. The summed E-state index contributed by atoms with van der Waals surface area (Å²) in [6.45, 7) is 4.05. The second-order valence-corrected chi connectivity index (χ2v) is 14.5. The van der Waals surface area contributed by atoms with E-state index in [-0.39, 0.29) is 35.6 Å². The summed E-state index contributed by atoms with van der Waals surface area (Å²) in [4.78, 5) is 30.4. The van der Waals surface area contributed by atoms with Gasteiger partial charge in [0.15, 0.2) is 17.2 Å². The van der Waals surface area contributed by atoms with Crippen molar-refractivity contribution >= 4 is 54.9 Å². The minimum absolute atomic E-state index is 0.00955. The van der Waals surface area contributed by atoms with Crippen LogP contribution < -0.4 is 10.1 Å². The number of nitrogens with one attached hydrogen (secondary N) is 1. The zero-order valence-corrected chi connectivity index (χ0v) is 28.7. The normalized spacial score (nSPS) is 13.9. The summed E-state index contributed by atoms with van der Waals surface area (Å²) in [7, 11) is -3.41. The molecule has 1 aliphatic heterocycles. The maximum atomic E-state index is 13.3. The molecule has 5 rings (SSSR count). The second kappa shape index (κ2) is 16.2. The van der Waals surface area contributed by atoms with E-state index in [9.17, 15) is 18.0 Å². The maximum Gasteiger partial charge on any atom is 0.352 e. The molecule has 246 valence electrons. The monoisotopic (exact) mass is 739 g/mol. The standard InChI is InChI=1S/C34H34BrN3O7S2/c1-2-18-43-29(39)22-44-31-30(35)32(46-33(31)34(40)45-21-25-10-7-15-36-20-25)26-11-6-12-28(19-26)37-27-13-16-38(17-14-27)47(41,42)23-24-8-4-3-5-9-24/h2-12,15,19-20,27,37H,1,13-14,16-18,21-23H2. The molecule has 47 heavy (non-hydrogen) atoms. The van der Waals surface area contributed by atoms with Crippen LogP contribution in [0.2, 0.25) is 0 Å². The Labute approximate surface area is 286 Å². The third-order valence-electron chi connectivity index (χ3n) is 7.32. The maximum absolute atomic E-state index is 13.3. The number of piperidine rings is 1. The molecule has 0 radical (unpaired) electrons. The summed E-state index contributed by atoms with van der Waals surface area (Å²) in [5.41, 5.74) is 3.16. The van der Waals surface area contributed by atoms with Crippen LogP contribution in [0.1, 0.15) is 33.6 Å². The first-order valence-electron chi connectivity index (χ1n) is 14.9. The minimum atomic E-state index is -3.41. The van der Waals surface area contributed by atoms with Gasteiger partial charge in [-0.3, -0.25) is 4.98 Å². The highest BCUT2D eigenvalue weighted by Gasteiger charge is 2.29. The number of anilines is 1. The molecular weight excluding hydrogens is 706 g/mol. The van der Waals surface area contributed by atoms with Crippen LogP contribution in [-0.2, 0) is 36.7 Å². The summed E-state index contributed by atoms with van der Waals surface area (Å²) in [5, 5.41) is 3.54. The highest BCUT2D eigenvalue weighted by Crippen LogP contribution is 2.46. The number of benzene rings is 2. The van der Waals surface area contributed by atoms with Crippen LogP contribution in [0.25, 0.3) is 10.4 Å². The van der Waals surface area contributed by atoms with Crippen molar-refractivity contribution in [3.63, 3.8) is 0 Å². The number of halogens is 1. The van der Waals surface area contributed by atoms with Crippen LogP contribution in [0.4, 0.5) is 5.69 Å². The fourth-order valence-corrected chi connectivity index (χ4v) is 8.51. The van der Waals surface area contributed by atoms with Gasteiger partial charge in [0.25, 0.3) is 0 Å². The van der Waals surface area contributed by atoms with Gasteiger partial charge < -0.3 is 19.5 Å². The first-order valence-corrected chi connectivity index (χ1v) is 18.1. The van der Waals surface area contributed by atoms with Gasteiger partial charge in [0.05, 0.1) is 15.1 Å². The van der Waals surface area contributed by atoms with E-state index in [2.05, 4.69) is 32.8 Å². The summed E-state index contributed by atoms with van der Waals surface area (Å²) >= 11 is 4.77. The van der Waals surface area contributed by atoms with E-state index < -0.39 is 28.6 Å². The predicted molar refractivity (Wildman–Crippen MR) is 185 cm³/mol. The van der Waals surface area contributed by atoms with Crippen molar-refractivity contribution in [3.05, 3.63) is 112 Å². The Bertz CT molecular complexity index is 1790. The first-order chi connectivity index (χ1) is 22.7. The number of carbonyl (C=O) groups is 2. The number of rotatable bonds is 14. The van der Waals surface area contributed by atoms with Crippen LogP contribution in [0.15, 0.2) is 96.3 Å². The molecule has 10 nitrogen and oxygen atoms in total. The number of thiophene rings is 1. The number of sulfonamides is 1. The van der Waals surface area contributed by atoms with Gasteiger partial charge in [0, 0.05) is 42.8 Å². The molecule has 1 N–H and O–H groups in total. The number of carbonyl (C=O) groups excluding carboxylic acids is 2. The van der Waals surface area contributed by atoms with Crippen LogP contribution in [-0.4, -0.2) is 62.0 Å². The molecule has 0 spiro atoms. The Morgan fingerprint density at radius 1 is 1.04 bits per heavy atom. The molecule has 0 atom stereocenters. The number of nitrogens with zero attached hydrogens (tertiary/aromatic N) is 2. The van der Waals surface area contributed by atoms with E-state index in [1.807, 2.05) is 54.6 Å². The van der Waals surface area contributed by atoms with Gasteiger partial charge in [0.1, 0.15) is 13.2 Å². The SMILES string of the molecule is C=CCOC(=O)COc1c(C(=O)OCc2cccnc2)sc(-c2cccc(NC3CCN(S(=O)(=O)Cc4ccccc4)CC3)c2)c1Br. The number of aromatic nitrogens is 1. The molecule has 0 saturated carbocycles. The zero-order chi connectivity index (χ0) is 33.2. The molecule has 2 aromatic heterocycles. The third kappa shape index (κ3) is 9.28. The summed E-state index contributed by atoms with van der Waals surface area (Å²) in [6.07, 6.45) is 6.02. The Hall–Kier alpha value is -4.04. The lowest BCUT2D eigenvalue weighted by Gasteiger charge is -2.32. The molecule has 3 heterocycles. The number of pyridine rings is 1. The van der Waals surface area contributed by atoms with Crippen molar-refractivity contribution < 1.29 is 32.2 Å². The van der Waals surface area contributed by atoms with Gasteiger partial charge >= 0.3 is 11.9 Å². The molecule has 0 bridgehead atoms. The molecular formula is C34H34BrN3O7S2. The molecule has 0 aliphatic carbocycles. The topological polar surface area (TPSA) is 124 Å². The molecule has 4 aromatic rings. The highest BCUT2D eigenvalue weighted by atomic mass is 79.9. The first kappa shape index (κ1) is 34.3. The molecule has 0 amide bonds. The Balaban J connectivity index is 1.28. The molecule has 2 aromatic carbocycles. The van der Waals surface area contributed by atoms with Gasteiger partial charge in [0.2, 0.25) is 10.0 Å². The van der Waals surface area contributed by atoms with Gasteiger partial charge in [-0.15, -0.1) is 11.3 Å². The zero-order valence-electron chi connectivity index (χ0n) is 25.5. The van der Waals surface area contributed by atoms with Crippen LogP contribution in [0.5, 0.6) is 5.75 Å². The van der Waals surface area contributed by atoms with Crippen molar-refractivity contribution in [1.82, 2.24) is 9.29 Å². The largest absolute Gasteiger partial charge is 0.479 e. The van der Waals surface area contributed by atoms with Crippen molar-refractivity contribution in [2.45, 2.75) is 31.2 Å².